The van der Waals surface area contributed by atoms with E-state index in [1.807, 2.05) is 0 Å². The number of nitrogens with one attached hydrogen (secondary N) is 1. The summed E-state index contributed by atoms with van der Waals surface area (Å²) in [6, 6.07) is 20.4. The summed E-state index contributed by atoms with van der Waals surface area (Å²) in [6.07, 6.45) is 3.32. The summed E-state index contributed by atoms with van der Waals surface area (Å²) in [7, 11) is 0. The lowest BCUT2D eigenvalue weighted by atomic mass is 10.0. The molecule has 27 heavy (non-hydrogen) atoms. The number of nitrogens with zero attached hydrogens (tertiary/aromatic N) is 1. The number of likely N-dealkylation sites (tertiary alicyclic amines) is 1. The molecule has 0 spiro atoms. The minimum atomic E-state index is 0.273. The van der Waals surface area contributed by atoms with Gasteiger partial charge in [-0.3, -0.25) is 4.90 Å². The number of benzene rings is 2. The standard InChI is InChI=1S/C24H34N2O/c1-19(2)22-12-10-21(11-13-22)16-25-23(15-20-7-4-3-5-8-20)17-26-14-6-9-24(26)18-27/h3-5,7-8,10-13,19,23-25,27H,6,9,14-18H2,1-2H3. The van der Waals surface area contributed by atoms with Crippen LogP contribution in [0.3, 0.4) is 0 Å². The van der Waals surface area contributed by atoms with Gasteiger partial charge in [0.15, 0.2) is 0 Å². The third kappa shape index (κ3) is 5.90. The molecule has 2 unspecified atom stereocenters. The monoisotopic (exact) mass is 366 g/mol. The minimum Gasteiger partial charge on any atom is -0.395 e. The molecule has 3 heteroatoms. The molecule has 3 nitrogen and oxygen atoms in total. The van der Waals surface area contributed by atoms with Crippen LogP contribution in [-0.4, -0.2) is 41.8 Å². The van der Waals surface area contributed by atoms with Gasteiger partial charge in [0.1, 0.15) is 0 Å². The molecule has 0 aliphatic carbocycles. The van der Waals surface area contributed by atoms with E-state index in [-0.39, 0.29) is 6.61 Å². The van der Waals surface area contributed by atoms with E-state index in [1.54, 1.807) is 0 Å². The maximum atomic E-state index is 9.66. The second kappa shape index (κ2) is 10.0. The first kappa shape index (κ1) is 20.1. The van der Waals surface area contributed by atoms with E-state index in [9.17, 15) is 5.11 Å². The van der Waals surface area contributed by atoms with E-state index >= 15 is 0 Å². The van der Waals surface area contributed by atoms with Crippen molar-refractivity contribution in [2.24, 2.45) is 0 Å². The average molecular weight is 367 g/mol. The van der Waals surface area contributed by atoms with Crippen molar-refractivity contribution < 1.29 is 5.11 Å². The van der Waals surface area contributed by atoms with Gasteiger partial charge in [0.2, 0.25) is 0 Å². The van der Waals surface area contributed by atoms with E-state index in [1.165, 1.54) is 23.1 Å². The van der Waals surface area contributed by atoms with Crippen molar-refractivity contribution in [1.82, 2.24) is 10.2 Å². The highest BCUT2D eigenvalue weighted by Crippen LogP contribution is 2.18. The van der Waals surface area contributed by atoms with Gasteiger partial charge in [0, 0.05) is 25.2 Å². The number of hydrogen-bond donors (Lipinski definition) is 2. The molecule has 3 rings (SSSR count). The molecule has 0 aromatic heterocycles. The summed E-state index contributed by atoms with van der Waals surface area (Å²) >= 11 is 0. The fraction of sp³-hybridized carbons (Fsp3) is 0.500. The Morgan fingerprint density at radius 2 is 1.78 bits per heavy atom. The number of rotatable bonds is 9. The molecule has 2 aromatic carbocycles. The molecule has 1 aliphatic heterocycles. The molecular formula is C24H34N2O. The molecule has 2 N–H and O–H groups in total. The maximum Gasteiger partial charge on any atom is 0.0586 e. The number of aliphatic hydroxyl groups excluding tert-OH is 1. The maximum absolute atomic E-state index is 9.66. The zero-order chi connectivity index (χ0) is 19.1. The van der Waals surface area contributed by atoms with Crippen molar-refractivity contribution in [3.05, 3.63) is 71.3 Å². The smallest absolute Gasteiger partial charge is 0.0586 e. The van der Waals surface area contributed by atoms with E-state index < -0.39 is 0 Å². The third-order valence-corrected chi connectivity index (χ3v) is 5.73. The fourth-order valence-electron chi connectivity index (χ4n) is 4.01. The number of aliphatic hydroxyl groups is 1. The second-order valence-corrected chi connectivity index (χ2v) is 8.14. The van der Waals surface area contributed by atoms with Crippen molar-refractivity contribution in [2.45, 2.75) is 57.7 Å². The Kier molecular flexibility index (Phi) is 7.45. The molecular weight excluding hydrogens is 332 g/mol. The molecule has 0 saturated carbocycles. The van der Waals surface area contributed by atoms with Crippen molar-refractivity contribution in [3.8, 4) is 0 Å². The largest absolute Gasteiger partial charge is 0.395 e. The Hall–Kier alpha value is -1.68. The molecule has 0 radical (unpaired) electrons. The summed E-state index contributed by atoms with van der Waals surface area (Å²) in [6.45, 7) is 7.71. The van der Waals surface area contributed by atoms with Gasteiger partial charge >= 0.3 is 0 Å². The predicted octanol–water partition coefficient (Wildman–Crippen LogP) is 3.97. The van der Waals surface area contributed by atoms with Crippen LogP contribution in [0.5, 0.6) is 0 Å². The third-order valence-electron chi connectivity index (χ3n) is 5.73. The Morgan fingerprint density at radius 3 is 2.44 bits per heavy atom. The molecule has 0 bridgehead atoms. The molecule has 1 aliphatic rings. The lowest BCUT2D eigenvalue weighted by Crippen LogP contribution is -2.45. The fourth-order valence-corrected chi connectivity index (χ4v) is 4.01. The van der Waals surface area contributed by atoms with Crippen LogP contribution in [0.4, 0.5) is 0 Å². The van der Waals surface area contributed by atoms with Crippen LogP contribution in [0.2, 0.25) is 0 Å². The van der Waals surface area contributed by atoms with Gasteiger partial charge in [-0.2, -0.15) is 0 Å². The highest BCUT2D eigenvalue weighted by atomic mass is 16.3. The summed E-state index contributed by atoms with van der Waals surface area (Å²) in [4.78, 5) is 2.46. The van der Waals surface area contributed by atoms with E-state index in [0.717, 1.165) is 32.5 Å². The van der Waals surface area contributed by atoms with Gasteiger partial charge in [-0.25, -0.2) is 0 Å². The van der Waals surface area contributed by atoms with Crippen LogP contribution >= 0.6 is 0 Å². The first-order valence-electron chi connectivity index (χ1n) is 10.4. The van der Waals surface area contributed by atoms with Gasteiger partial charge in [-0.1, -0.05) is 68.4 Å². The van der Waals surface area contributed by atoms with E-state index in [4.69, 9.17) is 0 Å². The lowest BCUT2D eigenvalue weighted by molar-refractivity contribution is 0.147. The molecule has 2 aromatic rings. The van der Waals surface area contributed by atoms with E-state index in [0.29, 0.717) is 18.0 Å². The minimum absolute atomic E-state index is 0.273. The van der Waals surface area contributed by atoms with Gasteiger partial charge in [-0.15, -0.1) is 0 Å². The number of hydrogen-bond acceptors (Lipinski definition) is 3. The van der Waals surface area contributed by atoms with Gasteiger partial charge in [0.25, 0.3) is 0 Å². The molecule has 146 valence electrons. The Labute approximate surface area is 164 Å². The van der Waals surface area contributed by atoms with Crippen LogP contribution in [0.25, 0.3) is 0 Å². The molecule has 0 amide bonds. The van der Waals surface area contributed by atoms with E-state index in [2.05, 4.69) is 78.7 Å². The Bertz CT molecular complexity index is 669. The van der Waals surface area contributed by atoms with Crippen molar-refractivity contribution >= 4 is 0 Å². The van der Waals surface area contributed by atoms with Crippen molar-refractivity contribution in [3.63, 3.8) is 0 Å². The zero-order valence-corrected chi connectivity index (χ0v) is 16.8. The van der Waals surface area contributed by atoms with Crippen LogP contribution < -0.4 is 5.32 Å². The SMILES string of the molecule is CC(C)c1ccc(CNC(Cc2ccccc2)CN2CCCC2CO)cc1. The topological polar surface area (TPSA) is 35.5 Å². The van der Waals surface area contributed by atoms with Crippen LogP contribution in [0, 0.1) is 0 Å². The predicted molar refractivity (Wildman–Crippen MR) is 113 cm³/mol. The zero-order valence-electron chi connectivity index (χ0n) is 16.8. The normalized spacial score (nSPS) is 18.9. The van der Waals surface area contributed by atoms with Crippen molar-refractivity contribution in [2.75, 3.05) is 19.7 Å². The van der Waals surface area contributed by atoms with Crippen LogP contribution in [0.15, 0.2) is 54.6 Å². The highest BCUT2D eigenvalue weighted by Gasteiger charge is 2.26. The van der Waals surface area contributed by atoms with Crippen LogP contribution in [0.1, 0.15) is 49.3 Å². The molecule has 1 saturated heterocycles. The Morgan fingerprint density at radius 1 is 1.04 bits per heavy atom. The van der Waals surface area contributed by atoms with Crippen LogP contribution in [-0.2, 0) is 13.0 Å². The van der Waals surface area contributed by atoms with Gasteiger partial charge < -0.3 is 10.4 Å². The summed E-state index contributed by atoms with van der Waals surface area (Å²) in [5, 5.41) is 13.4. The lowest BCUT2D eigenvalue weighted by Gasteiger charge is -2.29. The molecule has 1 fully saturated rings. The average Bonchev–Trinajstić information content (AvgIpc) is 3.14. The quantitative estimate of drug-likeness (QED) is 0.705. The van der Waals surface area contributed by atoms with Gasteiger partial charge in [-0.05, 0) is 48.4 Å². The first-order chi connectivity index (χ1) is 13.2. The Balaban J connectivity index is 1.63. The first-order valence-corrected chi connectivity index (χ1v) is 10.4. The van der Waals surface area contributed by atoms with Crippen molar-refractivity contribution in [1.29, 1.82) is 0 Å². The molecule has 2 atom stereocenters. The summed E-state index contributed by atoms with van der Waals surface area (Å²) in [5.74, 6) is 0.573. The summed E-state index contributed by atoms with van der Waals surface area (Å²) in [5.41, 5.74) is 4.09. The highest BCUT2D eigenvalue weighted by molar-refractivity contribution is 5.24. The molecule has 1 heterocycles. The second-order valence-electron chi connectivity index (χ2n) is 8.14. The summed E-state index contributed by atoms with van der Waals surface area (Å²) < 4.78 is 0. The van der Waals surface area contributed by atoms with Gasteiger partial charge in [0.05, 0.1) is 6.61 Å².